The Labute approximate surface area is 224 Å². The number of ether oxygens (including phenoxy) is 1. The second-order valence-electron chi connectivity index (χ2n) is 12.3. The minimum Gasteiger partial charge on any atom is -0.444 e. The summed E-state index contributed by atoms with van der Waals surface area (Å²) in [5, 5.41) is 2.36. The van der Waals surface area contributed by atoms with Crippen LogP contribution in [0.2, 0.25) is 0 Å². The first-order chi connectivity index (χ1) is 17.9. The van der Waals surface area contributed by atoms with Crippen molar-refractivity contribution in [2.75, 3.05) is 37.6 Å². The van der Waals surface area contributed by atoms with Crippen LogP contribution in [0.15, 0.2) is 18.2 Å². The molecule has 0 spiro atoms. The van der Waals surface area contributed by atoms with E-state index in [0.717, 1.165) is 44.0 Å². The summed E-state index contributed by atoms with van der Waals surface area (Å²) in [6.45, 7) is 14.7. The average Bonchev–Trinajstić information content (AvgIpc) is 3.11. The van der Waals surface area contributed by atoms with E-state index >= 15 is 0 Å². The van der Waals surface area contributed by atoms with Gasteiger partial charge in [0.1, 0.15) is 11.6 Å². The highest BCUT2D eigenvalue weighted by atomic mass is 16.6. The Kier molecular flexibility index (Phi) is 6.87. The average molecular weight is 526 g/mol. The molecular formula is C28H39N5O5. The van der Waals surface area contributed by atoms with Crippen molar-refractivity contribution in [3.8, 4) is 0 Å². The number of nitrogens with zero attached hydrogens (tertiary/aromatic N) is 4. The van der Waals surface area contributed by atoms with Gasteiger partial charge in [-0.25, -0.2) is 4.79 Å². The topological polar surface area (TPSA) is 102 Å². The van der Waals surface area contributed by atoms with Crippen LogP contribution >= 0.6 is 0 Å². The molecule has 1 aromatic rings. The monoisotopic (exact) mass is 525 g/mol. The number of anilines is 1. The zero-order valence-corrected chi connectivity index (χ0v) is 23.0. The number of imide groups is 1. The van der Waals surface area contributed by atoms with Gasteiger partial charge in [0.25, 0.3) is 5.91 Å². The SMILES string of the molecule is CC1CN(c2ccc3c(c2)CN(C2CCC(=O)NC2=O)C3=O)CC(C)N1CC1CN(C(=O)OC(C)(C)C)C1. The summed E-state index contributed by atoms with van der Waals surface area (Å²) in [6, 6.07) is 6.04. The Morgan fingerprint density at radius 2 is 1.74 bits per heavy atom. The molecule has 3 fully saturated rings. The molecule has 5 rings (SSSR count). The first-order valence-corrected chi connectivity index (χ1v) is 13.7. The lowest BCUT2D eigenvalue weighted by Crippen LogP contribution is -2.61. The lowest BCUT2D eigenvalue weighted by Gasteiger charge is -2.49. The van der Waals surface area contributed by atoms with E-state index in [9.17, 15) is 19.2 Å². The van der Waals surface area contributed by atoms with Crippen molar-refractivity contribution in [2.24, 2.45) is 5.92 Å². The predicted octanol–water partition coefficient (Wildman–Crippen LogP) is 2.21. The summed E-state index contributed by atoms with van der Waals surface area (Å²) in [5.41, 5.74) is 2.17. The number of rotatable bonds is 4. The van der Waals surface area contributed by atoms with Gasteiger partial charge in [-0.15, -0.1) is 0 Å². The highest BCUT2D eigenvalue weighted by molar-refractivity contribution is 6.05. The van der Waals surface area contributed by atoms with Crippen LogP contribution in [0.3, 0.4) is 0 Å². The first kappa shape index (κ1) is 26.5. The van der Waals surface area contributed by atoms with Crippen molar-refractivity contribution < 1.29 is 23.9 Å². The fourth-order valence-electron chi connectivity index (χ4n) is 6.14. The van der Waals surface area contributed by atoms with E-state index in [2.05, 4.69) is 35.0 Å². The van der Waals surface area contributed by atoms with Crippen LogP contribution in [0.5, 0.6) is 0 Å². The summed E-state index contributed by atoms with van der Waals surface area (Å²) >= 11 is 0. The van der Waals surface area contributed by atoms with E-state index in [1.54, 1.807) is 9.80 Å². The Morgan fingerprint density at radius 1 is 1.05 bits per heavy atom. The standard InChI is InChI=1S/C28H39N5O5/c1-17-11-30(12-18(2)32(17)15-19-13-31(14-19)27(37)38-28(3,4)5)21-6-7-22-20(10-21)16-33(26(22)36)23-8-9-24(34)29-25(23)35/h6-7,10,17-19,23H,8-9,11-16H2,1-5H3,(H,29,34,35). The highest BCUT2D eigenvalue weighted by Gasteiger charge is 2.40. The van der Waals surface area contributed by atoms with E-state index < -0.39 is 11.6 Å². The molecule has 0 saturated carbocycles. The fraction of sp³-hybridized carbons (Fsp3) is 0.643. The van der Waals surface area contributed by atoms with Crippen LogP contribution in [-0.2, 0) is 20.9 Å². The number of likely N-dealkylation sites (tertiary alicyclic amines) is 1. The summed E-state index contributed by atoms with van der Waals surface area (Å²) in [6.07, 6.45) is 0.387. The molecule has 0 bridgehead atoms. The van der Waals surface area contributed by atoms with E-state index in [1.807, 2.05) is 32.9 Å². The van der Waals surface area contributed by atoms with E-state index in [0.29, 0.717) is 36.5 Å². The van der Waals surface area contributed by atoms with Crippen LogP contribution in [0.4, 0.5) is 10.5 Å². The Hall–Kier alpha value is -3.14. The molecule has 4 heterocycles. The summed E-state index contributed by atoms with van der Waals surface area (Å²) < 4.78 is 5.48. The van der Waals surface area contributed by atoms with Crippen molar-refractivity contribution in [2.45, 2.75) is 77.7 Å². The summed E-state index contributed by atoms with van der Waals surface area (Å²) in [4.78, 5) is 57.5. The second-order valence-corrected chi connectivity index (χ2v) is 12.3. The number of carbonyl (C=O) groups is 4. The van der Waals surface area contributed by atoms with Crippen LogP contribution < -0.4 is 10.2 Å². The van der Waals surface area contributed by atoms with Crippen molar-refractivity contribution >= 4 is 29.5 Å². The maximum absolute atomic E-state index is 13.0. The van der Waals surface area contributed by atoms with Crippen molar-refractivity contribution in [3.05, 3.63) is 29.3 Å². The van der Waals surface area contributed by atoms with Gasteiger partial charge in [0.15, 0.2) is 0 Å². The minimum absolute atomic E-state index is 0.145. The summed E-state index contributed by atoms with van der Waals surface area (Å²) in [5.74, 6) is -0.364. The number of amides is 4. The lowest BCUT2D eigenvalue weighted by molar-refractivity contribution is -0.136. The van der Waals surface area contributed by atoms with Crippen molar-refractivity contribution in [1.29, 1.82) is 0 Å². The normalized spacial score (nSPS) is 26.8. The largest absolute Gasteiger partial charge is 0.444 e. The molecule has 0 aromatic heterocycles. The molecular weight excluding hydrogens is 486 g/mol. The molecule has 1 N–H and O–H groups in total. The Morgan fingerprint density at radius 3 is 2.37 bits per heavy atom. The van der Waals surface area contributed by atoms with Crippen molar-refractivity contribution in [1.82, 2.24) is 20.0 Å². The number of hydrogen-bond donors (Lipinski definition) is 1. The van der Waals surface area contributed by atoms with Crippen LogP contribution in [0.1, 0.15) is 63.4 Å². The molecule has 4 aliphatic rings. The van der Waals surface area contributed by atoms with Crippen LogP contribution in [0.25, 0.3) is 0 Å². The zero-order chi connectivity index (χ0) is 27.4. The minimum atomic E-state index is -0.600. The molecule has 0 aliphatic carbocycles. The predicted molar refractivity (Wildman–Crippen MR) is 142 cm³/mol. The van der Waals surface area contributed by atoms with E-state index in [1.165, 1.54) is 0 Å². The quantitative estimate of drug-likeness (QED) is 0.602. The molecule has 206 valence electrons. The number of benzene rings is 1. The van der Waals surface area contributed by atoms with Gasteiger partial charge in [0, 0.05) is 74.9 Å². The third kappa shape index (κ3) is 5.23. The maximum Gasteiger partial charge on any atom is 0.410 e. The Balaban J connectivity index is 1.18. The number of carbonyl (C=O) groups excluding carboxylic acids is 4. The highest BCUT2D eigenvalue weighted by Crippen LogP contribution is 2.32. The van der Waals surface area contributed by atoms with Gasteiger partial charge in [-0.2, -0.15) is 0 Å². The van der Waals surface area contributed by atoms with E-state index in [-0.39, 0.29) is 30.2 Å². The molecule has 10 nitrogen and oxygen atoms in total. The lowest BCUT2D eigenvalue weighted by atomic mass is 9.96. The van der Waals surface area contributed by atoms with Gasteiger partial charge < -0.3 is 19.4 Å². The maximum atomic E-state index is 13.0. The van der Waals surface area contributed by atoms with Gasteiger partial charge in [0.2, 0.25) is 11.8 Å². The van der Waals surface area contributed by atoms with Gasteiger partial charge >= 0.3 is 6.09 Å². The van der Waals surface area contributed by atoms with Gasteiger partial charge in [0.05, 0.1) is 0 Å². The molecule has 3 atom stereocenters. The van der Waals surface area contributed by atoms with Gasteiger partial charge in [-0.05, 0) is 64.8 Å². The molecule has 10 heteroatoms. The molecule has 1 aromatic carbocycles. The number of piperidine rings is 1. The fourth-order valence-corrected chi connectivity index (χ4v) is 6.14. The summed E-state index contributed by atoms with van der Waals surface area (Å²) in [7, 11) is 0. The number of hydrogen-bond acceptors (Lipinski definition) is 7. The smallest absolute Gasteiger partial charge is 0.410 e. The molecule has 4 aliphatic heterocycles. The van der Waals surface area contributed by atoms with Crippen LogP contribution in [-0.4, -0.2) is 95.0 Å². The van der Waals surface area contributed by atoms with E-state index in [4.69, 9.17) is 4.74 Å². The number of fused-ring (bicyclic) bond motifs is 1. The molecule has 3 saturated heterocycles. The number of piperazine rings is 1. The molecule has 3 unspecified atom stereocenters. The van der Waals surface area contributed by atoms with Crippen LogP contribution in [0, 0.1) is 5.92 Å². The molecule has 0 radical (unpaired) electrons. The van der Waals surface area contributed by atoms with Gasteiger partial charge in [-0.1, -0.05) is 0 Å². The number of nitrogens with one attached hydrogen (secondary N) is 1. The second kappa shape index (κ2) is 9.87. The molecule has 38 heavy (non-hydrogen) atoms. The Bertz CT molecular complexity index is 1130. The third-order valence-electron chi connectivity index (χ3n) is 8.05. The van der Waals surface area contributed by atoms with Gasteiger partial charge in [-0.3, -0.25) is 24.6 Å². The zero-order valence-electron chi connectivity index (χ0n) is 23.0. The third-order valence-corrected chi connectivity index (χ3v) is 8.05. The first-order valence-electron chi connectivity index (χ1n) is 13.7. The molecule has 4 amide bonds. The van der Waals surface area contributed by atoms with Crippen molar-refractivity contribution in [3.63, 3.8) is 0 Å².